The van der Waals surface area contributed by atoms with Crippen molar-refractivity contribution >= 4 is 5.91 Å². The summed E-state index contributed by atoms with van der Waals surface area (Å²) in [7, 11) is 3.45. The van der Waals surface area contributed by atoms with Crippen molar-refractivity contribution in [2.75, 3.05) is 7.11 Å². The van der Waals surface area contributed by atoms with Gasteiger partial charge in [0.2, 0.25) is 0 Å². The van der Waals surface area contributed by atoms with Gasteiger partial charge in [0.25, 0.3) is 5.91 Å². The highest BCUT2D eigenvalue weighted by atomic mass is 16.5. The molecular formula is C16H21N3O2. The first kappa shape index (κ1) is 15.1. The first-order valence-corrected chi connectivity index (χ1v) is 7.05. The third-order valence-electron chi connectivity index (χ3n) is 3.49. The van der Waals surface area contributed by atoms with E-state index in [1.54, 1.807) is 17.9 Å². The summed E-state index contributed by atoms with van der Waals surface area (Å²) >= 11 is 0. The number of ether oxygens (including phenoxy) is 1. The van der Waals surface area contributed by atoms with Crippen LogP contribution >= 0.6 is 0 Å². The van der Waals surface area contributed by atoms with Gasteiger partial charge in [0.15, 0.2) is 5.69 Å². The lowest BCUT2D eigenvalue weighted by Gasteiger charge is -2.09. The van der Waals surface area contributed by atoms with Crippen molar-refractivity contribution in [3.8, 4) is 17.0 Å². The summed E-state index contributed by atoms with van der Waals surface area (Å²) in [5, 5.41) is 7.22. The van der Waals surface area contributed by atoms with Crippen molar-refractivity contribution in [1.29, 1.82) is 0 Å². The number of hydrogen-bond donors (Lipinski definition) is 1. The molecule has 0 spiro atoms. The minimum Gasteiger partial charge on any atom is -0.496 e. The zero-order chi connectivity index (χ0) is 15.4. The average molecular weight is 287 g/mol. The van der Waals surface area contributed by atoms with E-state index in [-0.39, 0.29) is 11.9 Å². The van der Waals surface area contributed by atoms with E-state index in [4.69, 9.17) is 4.74 Å². The Labute approximate surface area is 124 Å². The molecule has 2 aromatic rings. The van der Waals surface area contributed by atoms with E-state index in [2.05, 4.69) is 10.4 Å². The summed E-state index contributed by atoms with van der Waals surface area (Å²) < 4.78 is 7.06. The van der Waals surface area contributed by atoms with E-state index in [9.17, 15) is 4.79 Å². The van der Waals surface area contributed by atoms with Gasteiger partial charge in [-0.2, -0.15) is 5.10 Å². The number of benzene rings is 1. The van der Waals surface area contributed by atoms with Gasteiger partial charge in [0.1, 0.15) is 5.75 Å². The van der Waals surface area contributed by atoms with E-state index in [0.29, 0.717) is 5.69 Å². The molecule has 0 radical (unpaired) electrons. The lowest BCUT2D eigenvalue weighted by molar-refractivity contribution is 0.0933. The summed E-state index contributed by atoms with van der Waals surface area (Å²) in [4.78, 5) is 12.1. The number of amides is 1. The van der Waals surface area contributed by atoms with Crippen molar-refractivity contribution in [2.24, 2.45) is 7.05 Å². The van der Waals surface area contributed by atoms with Gasteiger partial charge in [0.05, 0.1) is 12.8 Å². The Morgan fingerprint density at radius 1 is 1.43 bits per heavy atom. The molecule has 0 aliphatic carbocycles. The second kappa shape index (κ2) is 6.43. The molecule has 5 nitrogen and oxygen atoms in total. The Morgan fingerprint density at radius 3 is 2.81 bits per heavy atom. The molecule has 1 aromatic carbocycles. The number of aryl methyl sites for hydroxylation is 1. The summed E-state index contributed by atoms with van der Waals surface area (Å²) in [6, 6.07) is 9.61. The lowest BCUT2D eigenvalue weighted by Crippen LogP contribution is -2.32. The van der Waals surface area contributed by atoms with Crippen molar-refractivity contribution in [1.82, 2.24) is 15.1 Å². The Balaban J connectivity index is 2.33. The molecule has 1 aromatic heterocycles. The number of carbonyl (C=O) groups is 1. The van der Waals surface area contributed by atoms with Crippen LogP contribution in [0.5, 0.6) is 5.75 Å². The number of carbonyl (C=O) groups excluding carboxylic acids is 1. The lowest BCUT2D eigenvalue weighted by atomic mass is 10.1. The van der Waals surface area contributed by atoms with Gasteiger partial charge in [-0.25, -0.2) is 0 Å². The second-order valence-corrected chi connectivity index (χ2v) is 5.02. The largest absolute Gasteiger partial charge is 0.496 e. The van der Waals surface area contributed by atoms with Crippen LogP contribution in [0.25, 0.3) is 11.3 Å². The van der Waals surface area contributed by atoms with Crippen molar-refractivity contribution in [3.05, 3.63) is 36.0 Å². The quantitative estimate of drug-likeness (QED) is 0.919. The summed E-state index contributed by atoms with van der Waals surface area (Å²) in [5.74, 6) is 0.607. The van der Waals surface area contributed by atoms with Crippen molar-refractivity contribution in [3.63, 3.8) is 0 Å². The van der Waals surface area contributed by atoms with Crippen LogP contribution in [-0.4, -0.2) is 28.8 Å². The highest BCUT2D eigenvalue weighted by molar-refractivity contribution is 5.93. The van der Waals surface area contributed by atoms with E-state index in [1.807, 2.05) is 45.2 Å². The van der Waals surface area contributed by atoms with Gasteiger partial charge in [0, 0.05) is 18.7 Å². The molecule has 2 rings (SSSR count). The molecule has 0 bridgehead atoms. The van der Waals surface area contributed by atoms with Crippen LogP contribution in [0, 0.1) is 0 Å². The fourth-order valence-electron chi connectivity index (χ4n) is 2.09. The Morgan fingerprint density at radius 2 is 2.14 bits per heavy atom. The zero-order valence-corrected chi connectivity index (χ0v) is 12.9. The molecule has 112 valence electrons. The molecule has 0 fully saturated rings. The van der Waals surface area contributed by atoms with Crippen LogP contribution in [0.4, 0.5) is 0 Å². The monoisotopic (exact) mass is 287 g/mol. The van der Waals surface area contributed by atoms with Crippen molar-refractivity contribution < 1.29 is 9.53 Å². The minimum absolute atomic E-state index is 0.134. The molecule has 1 atom stereocenters. The first-order chi connectivity index (χ1) is 10.1. The maximum atomic E-state index is 12.1. The fraction of sp³-hybridized carbons (Fsp3) is 0.375. The molecule has 0 saturated heterocycles. The summed E-state index contributed by atoms with van der Waals surface area (Å²) in [5.41, 5.74) is 2.18. The fourth-order valence-corrected chi connectivity index (χ4v) is 2.09. The SMILES string of the molecule is CCC(C)NC(=O)c1cc(-c2ccccc2OC)n(C)n1. The van der Waals surface area contributed by atoms with E-state index in [1.165, 1.54) is 0 Å². The molecule has 1 amide bonds. The molecule has 0 aliphatic rings. The van der Waals surface area contributed by atoms with E-state index in [0.717, 1.165) is 23.4 Å². The predicted octanol–water partition coefficient (Wildman–Crippen LogP) is 2.62. The third-order valence-corrected chi connectivity index (χ3v) is 3.49. The first-order valence-electron chi connectivity index (χ1n) is 7.05. The predicted molar refractivity (Wildman–Crippen MR) is 82.4 cm³/mol. The zero-order valence-electron chi connectivity index (χ0n) is 12.9. The second-order valence-electron chi connectivity index (χ2n) is 5.02. The van der Waals surface area contributed by atoms with Gasteiger partial charge in [-0.05, 0) is 31.5 Å². The standard InChI is InChI=1S/C16H21N3O2/c1-5-11(2)17-16(20)13-10-14(19(3)18-13)12-8-6-7-9-15(12)21-4/h6-11H,5H2,1-4H3,(H,17,20). The molecule has 5 heteroatoms. The molecule has 0 saturated carbocycles. The van der Waals surface area contributed by atoms with Crippen LogP contribution in [0.1, 0.15) is 30.8 Å². The number of para-hydroxylation sites is 1. The van der Waals surface area contributed by atoms with Gasteiger partial charge < -0.3 is 10.1 Å². The van der Waals surface area contributed by atoms with Crippen LogP contribution in [0.2, 0.25) is 0 Å². The molecule has 1 heterocycles. The van der Waals surface area contributed by atoms with Crippen LogP contribution in [0.3, 0.4) is 0 Å². The maximum Gasteiger partial charge on any atom is 0.272 e. The minimum atomic E-state index is -0.152. The topological polar surface area (TPSA) is 56.1 Å². The Kier molecular flexibility index (Phi) is 4.62. The highest BCUT2D eigenvalue weighted by Gasteiger charge is 2.17. The Hall–Kier alpha value is -2.30. The molecular weight excluding hydrogens is 266 g/mol. The average Bonchev–Trinajstić information content (AvgIpc) is 2.89. The van der Waals surface area contributed by atoms with Gasteiger partial charge in [-0.3, -0.25) is 9.48 Å². The number of methoxy groups -OCH3 is 1. The molecule has 21 heavy (non-hydrogen) atoms. The van der Waals surface area contributed by atoms with Crippen LogP contribution in [0.15, 0.2) is 30.3 Å². The number of nitrogens with zero attached hydrogens (tertiary/aromatic N) is 2. The summed E-state index contributed by atoms with van der Waals surface area (Å²) in [6.07, 6.45) is 0.887. The molecule has 0 aliphatic heterocycles. The third kappa shape index (κ3) is 3.24. The number of rotatable bonds is 5. The number of aromatic nitrogens is 2. The Bertz CT molecular complexity index is 634. The number of nitrogens with one attached hydrogen (secondary N) is 1. The van der Waals surface area contributed by atoms with Crippen LogP contribution < -0.4 is 10.1 Å². The highest BCUT2D eigenvalue weighted by Crippen LogP contribution is 2.29. The van der Waals surface area contributed by atoms with Gasteiger partial charge in [-0.1, -0.05) is 19.1 Å². The van der Waals surface area contributed by atoms with Gasteiger partial charge in [-0.15, -0.1) is 0 Å². The van der Waals surface area contributed by atoms with E-state index >= 15 is 0 Å². The normalized spacial score (nSPS) is 12.0. The van der Waals surface area contributed by atoms with Crippen molar-refractivity contribution in [2.45, 2.75) is 26.3 Å². The number of hydrogen-bond acceptors (Lipinski definition) is 3. The molecule has 1 N–H and O–H groups in total. The smallest absolute Gasteiger partial charge is 0.272 e. The van der Waals surface area contributed by atoms with Gasteiger partial charge >= 0.3 is 0 Å². The summed E-state index contributed by atoms with van der Waals surface area (Å²) in [6.45, 7) is 4.01. The van der Waals surface area contributed by atoms with E-state index < -0.39 is 0 Å². The molecule has 1 unspecified atom stereocenters. The van der Waals surface area contributed by atoms with Crippen LogP contribution in [-0.2, 0) is 7.05 Å². The maximum absolute atomic E-state index is 12.1.